The molecule has 5 heterocycles. The average molecular weight is 650 g/mol. The van der Waals surface area contributed by atoms with E-state index in [0.29, 0.717) is 0 Å². The summed E-state index contributed by atoms with van der Waals surface area (Å²) in [6.45, 7) is 0. The molecule has 0 fully saturated rings. The first-order valence-electron chi connectivity index (χ1n) is 17.1. The van der Waals surface area contributed by atoms with E-state index in [0.717, 1.165) is 93.4 Å². The molecule has 236 valence electrons. The lowest BCUT2D eigenvalue weighted by Crippen LogP contribution is -1.98. The number of rotatable bonds is 3. The Morgan fingerprint density at radius 3 is 1.80 bits per heavy atom. The predicted octanol–water partition coefficient (Wildman–Crippen LogP) is 11.5. The van der Waals surface area contributed by atoms with Crippen LogP contribution in [0.3, 0.4) is 0 Å². The van der Waals surface area contributed by atoms with Gasteiger partial charge in [-0.3, -0.25) is 19.9 Å². The fourth-order valence-corrected chi connectivity index (χ4v) is 8.09. The molecule has 0 bridgehead atoms. The van der Waals surface area contributed by atoms with Gasteiger partial charge in [-0.05, 0) is 70.8 Å². The van der Waals surface area contributed by atoms with E-state index in [1.165, 1.54) is 10.8 Å². The smallest absolute Gasteiger partial charge is 0.0985 e. The van der Waals surface area contributed by atoms with Crippen LogP contribution in [0.2, 0.25) is 0 Å². The molecule has 11 aromatic rings. The van der Waals surface area contributed by atoms with E-state index in [1.54, 1.807) is 0 Å². The Balaban J connectivity index is 1.33. The molecule has 5 aromatic heterocycles. The molecule has 5 heteroatoms. The van der Waals surface area contributed by atoms with Gasteiger partial charge in [0, 0.05) is 73.6 Å². The van der Waals surface area contributed by atoms with E-state index in [9.17, 15) is 0 Å². The summed E-state index contributed by atoms with van der Waals surface area (Å²) in [4.78, 5) is 19.6. The second kappa shape index (κ2) is 10.8. The van der Waals surface area contributed by atoms with Crippen molar-refractivity contribution in [2.75, 3.05) is 0 Å². The van der Waals surface area contributed by atoms with E-state index in [1.807, 2.05) is 36.9 Å². The Morgan fingerprint density at radius 1 is 0.373 bits per heavy atom. The van der Waals surface area contributed by atoms with E-state index in [2.05, 4.69) is 132 Å². The van der Waals surface area contributed by atoms with Crippen molar-refractivity contribution in [1.29, 1.82) is 0 Å². The van der Waals surface area contributed by atoms with Gasteiger partial charge in [-0.2, -0.15) is 0 Å². The van der Waals surface area contributed by atoms with Gasteiger partial charge in [0.25, 0.3) is 0 Å². The lowest BCUT2D eigenvalue weighted by atomic mass is 9.95. The van der Waals surface area contributed by atoms with Gasteiger partial charge < -0.3 is 4.57 Å². The van der Waals surface area contributed by atoms with Crippen molar-refractivity contribution in [3.8, 4) is 28.2 Å². The molecule has 0 radical (unpaired) electrons. The van der Waals surface area contributed by atoms with E-state index in [-0.39, 0.29) is 0 Å². The molecule has 0 N–H and O–H groups in total. The fraction of sp³-hybridized carbons (Fsp3) is 0. The first-order valence-corrected chi connectivity index (χ1v) is 17.1. The Hall–Kier alpha value is -6.98. The van der Waals surface area contributed by atoms with Crippen molar-refractivity contribution in [1.82, 2.24) is 24.5 Å². The first-order chi connectivity index (χ1) is 25.3. The third kappa shape index (κ3) is 4.09. The molecule has 0 unspecified atom stereocenters. The summed E-state index contributed by atoms with van der Waals surface area (Å²) in [5, 5.41) is 11.3. The van der Waals surface area contributed by atoms with Crippen LogP contribution >= 0.6 is 0 Å². The Kier molecular flexibility index (Phi) is 5.89. The molecule has 51 heavy (non-hydrogen) atoms. The number of aromatic nitrogens is 5. The van der Waals surface area contributed by atoms with Crippen LogP contribution in [0.4, 0.5) is 0 Å². The molecule has 0 aliphatic carbocycles. The van der Waals surface area contributed by atoms with Crippen LogP contribution in [0.25, 0.3) is 104 Å². The van der Waals surface area contributed by atoms with Crippen LogP contribution in [-0.2, 0) is 0 Å². The van der Waals surface area contributed by atoms with Crippen LogP contribution in [0, 0.1) is 0 Å². The van der Waals surface area contributed by atoms with Crippen molar-refractivity contribution in [3.63, 3.8) is 0 Å². The lowest BCUT2D eigenvalue weighted by molar-refractivity contribution is 1.20. The largest absolute Gasteiger partial charge is 0.308 e. The molecule has 0 aliphatic rings. The zero-order valence-corrected chi connectivity index (χ0v) is 27.3. The van der Waals surface area contributed by atoms with Crippen molar-refractivity contribution in [2.45, 2.75) is 0 Å². The lowest BCUT2D eigenvalue weighted by Gasteiger charge is -2.16. The first kappa shape index (κ1) is 27.9. The minimum atomic E-state index is 0.887. The summed E-state index contributed by atoms with van der Waals surface area (Å²) in [6, 6.07) is 49.6. The summed E-state index contributed by atoms with van der Waals surface area (Å²) in [6.07, 6.45) is 7.53. The van der Waals surface area contributed by atoms with Gasteiger partial charge >= 0.3 is 0 Å². The number of benzene rings is 6. The Morgan fingerprint density at radius 2 is 1.00 bits per heavy atom. The second-order valence-corrected chi connectivity index (χ2v) is 13.1. The molecular formula is C46H27N5. The fourth-order valence-electron chi connectivity index (χ4n) is 8.09. The minimum Gasteiger partial charge on any atom is -0.308 e. The number of hydrogen-bond donors (Lipinski definition) is 0. The van der Waals surface area contributed by atoms with Crippen molar-refractivity contribution < 1.29 is 0 Å². The van der Waals surface area contributed by atoms with Gasteiger partial charge in [0.1, 0.15) is 0 Å². The predicted molar refractivity (Wildman–Crippen MR) is 210 cm³/mol. The van der Waals surface area contributed by atoms with E-state index < -0.39 is 0 Å². The number of hydrogen-bond acceptors (Lipinski definition) is 4. The molecule has 6 aromatic carbocycles. The van der Waals surface area contributed by atoms with Crippen LogP contribution in [-0.4, -0.2) is 24.5 Å². The molecule has 0 amide bonds. The second-order valence-electron chi connectivity index (χ2n) is 13.1. The third-order valence-electron chi connectivity index (χ3n) is 10.3. The number of pyridine rings is 4. The van der Waals surface area contributed by atoms with Crippen LogP contribution in [0.15, 0.2) is 164 Å². The maximum absolute atomic E-state index is 5.02. The molecule has 0 saturated heterocycles. The average Bonchev–Trinajstić information content (AvgIpc) is 3.53. The van der Waals surface area contributed by atoms with Crippen molar-refractivity contribution in [2.24, 2.45) is 0 Å². The van der Waals surface area contributed by atoms with Crippen molar-refractivity contribution in [3.05, 3.63) is 164 Å². The Labute approximate surface area is 292 Å². The van der Waals surface area contributed by atoms with Gasteiger partial charge in [0.2, 0.25) is 0 Å². The standard InChI is InChI=1S/C46H27N5/c1-3-12-32-28(9-1)19-23-49-42(32)31-17-18-40-37(25-31)39-27-38(44-33-13-4-2-10-29(33)20-24-50-44)34-14-5-6-15-35(34)46(39)51(40)41-26-30-11-7-21-47-43(30)45-36(41)16-8-22-48-45/h1-27H. The summed E-state index contributed by atoms with van der Waals surface area (Å²) in [7, 11) is 0. The zero-order chi connectivity index (χ0) is 33.5. The monoisotopic (exact) mass is 649 g/mol. The summed E-state index contributed by atoms with van der Waals surface area (Å²) < 4.78 is 2.43. The highest BCUT2D eigenvalue weighted by molar-refractivity contribution is 6.24. The molecular weight excluding hydrogens is 623 g/mol. The normalized spacial score (nSPS) is 11.9. The number of fused-ring (bicyclic) bond motifs is 10. The molecule has 11 rings (SSSR count). The summed E-state index contributed by atoms with van der Waals surface area (Å²) in [5.41, 5.74) is 9.23. The molecule has 0 atom stereocenters. The summed E-state index contributed by atoms with van der Waals surface area (Å²) >= 11 is 0. The minimum absolute atomic E-state index is 0.887. The molecule has 0 aliphatic heterocycles. The van der Waals surface area contributed by atoms with Crippen molar-refractivity contribution >= 4 is 75.9 Å². The maximum atomic E-state index is 5.02. The Bertz CT molecular complexity index is 3200. The third-order valence-corrected chi connectivity index (χ3v) is 10.3. The molecule has 0 saturated carbocycles. The highest BCUT2D eigenvalue weighted by Crippen LogP contribution is 2.44. The highest BCUT2D eigenvalue weighted by atomic mass is 15.0. The highest BCUT2D eigenvalue weighted by Gasteiger charge is 2.22. The maximum Gasteiger partial charge on any atom is 0.0985 e. The van der Waals surface area contributed by atoms with E-state index in [4.69, 9.17) is 19.9 Å². The summed E-state index contributed by atoms with van der Waals surface area (Å²) in [5.74, 6) is 0. The van der Waals surface area contributed by atoms with Crippen LogP contribution in [0.5, 0.6) is 0 Å². The van der Waals surface area contributed by atoms with Crippen LogP contribution in [0.1, 0.15) is 0 Å². The topological polar surface area (TPSA) is 56.5 Å². The molecule has 5 nitrogen and oxygen atoms in total. The van der Waals surface area contributed by atoms with Gasteiger partial charge in [-0.25, -0.2) is 0 Å². The zero-order valence-electron chi connectivity index (χ0n) is 27.3. The van der Waals surface area contributed by atoms with E-state index >= 15 is 0 Å². The van der Waals surface area contributed by atoms with Gasteiger partial charge in [-0.15, -0.1) is 0 Å². The van der Waals surface area contributed by atoms with Gasteiger partial charge in [-0.1, -0.05) is 84.9 Å². The SMILES string of the molecule is c1ccc2c(-c3ccc4c(c3)c3cc(-c5nccc6ccccc56)c5ccccc5c3n4-c3cc4cccnc4c4ncccc34)nccc2c1. The van der Waals surface area contributed by atoms with Gasteiger partial charge in [0.15, 0.2) is 0 Å². The number of nitrogens with zero attached hydrogens (tertiary/aromatic N) is 5. The quantitative estimate of drug-likeness (QED) is 0.179. The molecule has 0 spiro atoms. The van der Waals surface area contributed by atoms with Crippen LogP contribution < -0.4 is 0 Å². The van der Waals surface area contributed by atoms with Gasteiger partial charge in [0.05, 0.1) is 39.1 Å².